The maximum absolute atomic E-state index is 11.5. The van der Waals surface area contributed by atoms with Crippen LogP contribution in [0, 0.1) is 5.92 Å². The van der Waals surface area contributed by atoms with Crippen LogP contribution in [0.3, 0.4) is 0 Å². The topological polar surface area (TPSA) is 195 Å². The van der Waals surface area contributed by atoms with Gasteiger partial charge in [0.1, 0.15) is 24.4 Å². The molecule has 27 heavy (non-hydrogen) atoms. The smallest absolute Gasteiger partial charge is 0.335 e. The highest BCUT2D eigenvalue weighted by Crippen LogP contribution is 2.31. The van der Waals surface area contributed by atoms with E-state index in [1.165, 1.54) is 6.92 Å². The third-order valence-electron chi connectivity index (χ3n) is 4.74. The lowest BCUT2D eigenvalue weighted by Crippen LogP contribution is -2.66. The van der Waals surface area contributed by atoms with Gasteiger partial charge in [-0.25, -0.2) is 4.79 Å². The molecule has 2 saturated heterocycles. The molecule has 0 aromatic carbocycles. The second-order valence-electron chi connectivity index (χ2n) is 6.67. The number of hydrogen-bond donors (Lipinski definition) is 7. The van der Waals surface area contributed by atoms with Crippen molar-refractivity contribution in [2.45, 2.75) is 69.1 Å². The van der Waals surface area contributed by atoms with Crippen LogP contribution in [0.1, 0.15) is 13.8 Å². The first-order valence-electron chi connectivity index (χ1n) is 8.37. The van der Waals surface area contributed by atoms with Crippen LogP contribution in [0.2, 0.25) is 0 Å². The zero-order valence-corrected chi connectivity index (χ0v) is 14.7. The number of aliphatic hydroxyl groups is 5. The molecule has 0 aromatic heterocycles. The normalized spacial score (nSPS) is 45.3. The van der Waals surface area contributed by atoms with Crippen LogP contribution in [0.4, 0.5) is 0 Å². The van der Waals surface area contributed by atoms with Gasteiger partial charge in [-0.2, -0.15) is 0 Å². The van der Waals surface area contributed by atoms with Crippen LogP contribution in [-0.4, -0.2) is 104 Å². The van der Waals surface area contributed by atoms with Crippen molar-refractivity contribution in [2.24, 2.45) is 5.92 Å². The van der Waals surface area contributed by atoms with Gasteiger partial charge in [0.15, 0.2) is 18.7 Å². The van der Waals surface area contributed by atoms with Crippen LogP contribution in [0.5, 0.6) is 0 Å². The van der Waals surface area contributed by atoms with Crippen molar-refractivity contribution in [3.63, 3.8) is 0 Å². The van der Waals surface area contributed by atoms with Crippen molar-refractivity contribution < 1.29 is 54.4 Å². The summed E-state index contributed by atoms with van der Waals surface area (Å²) in [7, 11) is 0. The maximum atomic E-state index is 11.5. The summed E-state index contributed by atoms with van der Waals surface area (Å²) in [6.07, 6.45) is -12.7. The lowest BCUT2D eigenvalue weighted by molar-refractivity contribution is -0.331. The second-order valence-corrected chi connectivity index (χ2v) is 6.67. The molecular weight excluding hydrogens is 370 g/mol. The lowest BCUT2D eigenvalue weighted by atomic mass is 9.88. The van der Waals surface area contributed by atoms with Gasteiger partial charge in [-0.15, -0.1) is 0 Å². The molecular formula is C15H25NO11. The molecule has 7 N–H and O–H groups in total. The molecule has 2 rings (SSSR count). The summed E-state index contributed by atoms with van der Waals surface area (Å²) < 4.78 is 15.7. The van der Waals surface area contributed by atoms with Crippen LogP contribution in [-0.2, 0) is 23.8 Å². The van der Waals surface area contributed by atoms with Gasteiger partial charge in [-0.1, -0.05) is 6.92 Å². The number of carboxylic acid groups (broad SMARTS) is 1. The average Bonchev–Trinajstić information content (AvgIpc) is 2.60. The molecule has 0 aromatic rings. The fourth-order valence-electron chi connectivity index (χ4n) is 3.19. The summed E-state index contributed by atoms with van der Waals surface area (Å²) in [5.41, 5.74) is 0. The summed E-state index contributed by atoms with van der Waals surface area (Å²) >= 11 is 0. The molecule has 9 unspecified atom stereocenters. The number of rotatable bonds is 5. The highest BCUT2D eigenvalue weighted by Gasteiger charge is 2.52. The predicted molar refractivity (Wildman–Crippen MR) is 83.9 cm³/mol. The number of hydrogen-bond acceptors (Lipinski definition) is 10. The Hall–Kier alpha value is -1.38. The Morgan fingerprint density at radius 3 is 2.22 bits per heavy atom. The van der Waals surface area contributed by atoms with E-state index in [0.29, 0.717) is 0 Å². The number of ether oxygens (including phenoxy) is 3. The van der Waals surface area contributed by atoms with Gasteiger partial charge in [0, 0.05) is 12.8 Å². The average molecular weight is 395 g/mol. The highest BCUT2D eigenvalue weighted by atomic mass is 16.7. The van der Waals surface area contributed by atoms with E-state index in [9.17, 15) is 40.2 Å². The third kappa shape index (κ3) is 4.55. The van der Waals surface area contributed by atoms with Gasteiger partial charge in [0.2, 0.25) is 5.91 Å². The first-order valence-corrected chi connectivity index (χ1v) is 8.37. The van der Waals surface area contributed by atoms with Gasteiger partial charge in [-0.3, -0.25) is 4.79 Å². The Kier molecular flexibility index (Phi) is 7.10. The number of carboxylic acids is 1. The Bertz CT molecular complexity index is 546. The molecule has 0 radical (unpaired) electrons. The molecule has 12 nitrogen and oxygen atoms in total. The minimum atomic E-state index is -1.94. The molecule has 2 heterocycles. The molecule has 12 heteroatoms. The van der Waals surface area contributed by atoms with Crippen LogP contribution in [0.25, 0.3) is 0 Å². The molecule has 0 aliphatic carbocycles. The van der Waals surface area contributed by atoms with E-state index in [4.69, 9.17) is 14.2 Å². The minimum Gasteiger partial charge on any atom is -0.479 e. The quantitative estimate of drug-likeness (QED) is 0.240. The molecule has 1 amide bonds. The first-order chi connectivity index (χ1) is 12.6. The van der Waals surface area contributed by atoms with E-state index >= 15 is 0 Å². The van der Waals surface area contributed by atoms with Gasteiger partial charge < -0.3 is 50.2 Å². The maximum Gasteiger partial charge on any atom is 0.335 e. The van der Waals surface area contributed by atoms with Crippen LogP contribution < -0.4 is 5.32 Å². The molecule has 10 atom stereocenters. The zero-order valence-electron chi connectivity index (χ0n) is 14.7. The summed E-state index contributed by atoms with van der Waals surface area (Å²) in [6.45, 7) is 2.20. The van der Waals surface area contributed by atoms with E-state index in [0.717, 1.165) is 0 Å². The number of carbonyl (C=O) groups is 2. The van der Waals surface area contributed by atoms with Crippen molar-refractivity contribution in [2.75, 3.05) is 6.61 Å². The molecule has 2 aliphatic heterocycles. The van der Waals surface area contributed by atoms with E-state index < -0.39 is 79.6 Å². The van der Waals surface area contributed by atoms with E-state index in [2.05, 4.69) is 5.32 Å². The summed E-state index contributed by atoms with van der Waals surface area (Å²) in [4.78, 5) is 22.9. The summed E-state index contributed by atoms with van der Waals surface area (Å²) in [5, 5.41) is 60.7. The molecule has 0 spiro atoms. The minimum absolute atomic E-state index is 0.482. The van der Waals surface area contributed by atoms with Crippen molar-refractivity contribution >= 4 is 11.9 Å². The SMILES string of the molecule is CC(=O)NC1C(OC2C(C(=O)O)OC(O)C(O)C2O)OC(CO)C(O)[C@H]1C. The lowest BCUT2D eigenvalue weighted by Gasteiger charge is -2.46. The van der Waals surface area contributed by atoms with E-state index in [1.807, 2.05) is 0 Å². The number of carbonyl (C=O) groups excluding carboxylic acids is 1. The molecule has 0 bridgehead atoms. The van der Waals surface area contributed by atoms with Crippen LogP contribution >= 0.6 is 0 Å². The molecule has 0 saturated carbocycles. The molecule has 156 valence electrons. The third-order valence-corrected chi connectivity index (χ3v) is 4.74. The number of aliphatic hydroxyl groups excluding tert-OH is 5. The Balaban J connectivity index is 2.28. The molecule has 2 fully saturated rings. The van der Waals surface area contributed by atoms with Crippen molar-refractivity contribution in [3.8, 4) is 0 Å². The Labute approximate surface area is 154 Å². The van der Waals surface area contributed by atoms with E-state index in [1.54, 1.807) is 6.92 Å². The standard InChI is InChI=1S/C15H25NO11/c1-4-7(16-5(2)18)15(25-6(3-17)8(4)19)27-11-9(20)10(21)14(24)26-12(11)13(22)23/h4,6-12,14-15,17,19-21,24H,3H2,1-2H3,(H,16,18)(H,22,23)/t4-,6?,7?,8?,9?,10?,11?,12?,14?,15?/m0/s1. The van der Waals surface area contributed by atoms with Crippen molar-refractivity contribution in [1.29, 1.82) is 0 Å². The fraction of sp³-hybridized carbons (Fsp3) is 0.867. The summed E-state index contributed by atoms with van der Waals surface area (Å²) in [5.74, 6) is -2.71. The Morgan fingerprint density at radius 2 is 1.70 bits per heavy atom. The fourth-order valence-corrected chi connectivity index (χ4v) is 3.19. The highest BCUT2D eigenvalue weighted by molar-refractivity contribution is 5.74. The Morgan fingerprint density at radius 1 is 1.07 bits per heavy atom. The van der Waals surface area contributed by atoms with Gasteiger partial charge in [0.05, 0.1) is 18.8 Å². The first kappa shape index (κ1) is 21.9. The number of nitrogens with one attached hydrogen (secondary N) is 1. The second kappa shape index (κ2) is 8.75. The van der Waals surface area contributed by atoms with Crippen LogP contribution in [0.15, 0.2) is 0 Å². The van der Waals surface area contributed by atoms with Gasteiger partial charge in [-0.05, 0) is 0 Å². The van der Waals surface area contributed by atoms with Crippen molar-refractivity contribution in [1.82, 2.24) is 5.32 Å². The van der Waals surface area contributed by atoms with Crippen molar-refractivity contribution in [3.05, 3.63) is 0 Å². The van der Waals surface area contributed by atoms with Gasteiger partial charge in [0.25, 0.3) is 0 Å². The zero-order chi connectivity index (χ0) is 20.5. The monoisotopic (exact) mass is 395 g/mol. The summed E-state index contributed by atoms with van der Waals surface area (Å²) in [6, 6.07) is -0.953. The molecule has 2 aliphatic rings. The predicted octanol–water partition coefficient (Wildman–Crippen LogP) is -3.89. The number of aliphatic carboxylic acids is 1. The van der Waals surface area contributed by atoms with E-state index in [-0.39, 0.29) is 0 Å². The van der Waals surface area contributed by atoms with Gasteiger partial charge >= 0.3 is 5.97 Å². The largest absolute Gasteiger partial charge is 0.479 e. The number of amides is 1.